The fourth-order valence-corrected chi connectivity index (χ4v) is 1.97. The lowest BCUT2D eigenvalue weighted by Gasteiger charge is -2.07. The van der Waals surface area contributed by atoms with Gasteiger partial charge in [0.1, 0.15) is 5.75 Å². The number of nitrogens with one attached hydrogen (secondary N) is 2. The van der Waals surface area contributed by atoms with Crippen LogP contribution in [-0.4, -0.2) is 25.0 Å². The summed E-state index contributed by atoms with van der Waals surface area (Å²) in [5, 5.41) is 5.33. The highest BCUT2D eigenvalue weighted by Crippen LogP contribution is 2.18. The Morgan fingerprint density at radius 1 is 1.18 bits per heavy atom. The van der Waals surface area contributed by atoms with E-state index in [1.807, 2.05) is 6.92 Å². The minimum atomic E-state index is -0.346. The van der Waals surface area contributed by atoms with Crippen LogP contribution in [-0.2, 0) is 4.79 Å². The number of ether oxygens (including phenoxy) is 1. The van der Waals surface area contributed by atoms with Crippen LogP contribution in [0.1, 0.15) is 17.5 Å². The Labute approximate surface area is 136 Å². The quantitative estimate of drug-likeness (QED) is 0.823. The lowest BCUT2D eigenvalue weighted by atomic mass is 10.3. The lowest BCUT2D eigenvalue weighted by Crippen LogP contribution is -2.28. The summed E-state index contributed by atoms with van der Waals surface area (Å²) in [5.74, 6) is 0.235. The van der Waals surface area contributed by atoms with E-state index in [1.54, 1.807) is 36.4 Å². The molecule has 2 aromatic rings. The molecule has 0 aliphatic heterocycles. The van der Waals surface area contributed by atoms with E-state index in [0.29, 0.717) is 22.7 Å². The van der Waals surface area contributed by atoms with Gasteiger partial charge in [-0.25, -0.2) is 0 Å². The summed E-state index contributed by atoms with van der Waals surface area (Å²) in [6, 6.07) is 9.93. The van der Waals surface area contributed by atoms with Crippen molar-refractivity contribution in [2.24, 2.45) is 0 Å². The second-order valence-corrected chi connectivity index (χ2v) is 5.11. The molecule has 0 saturated heterocycles. The van der Waals surface area contributed by atoms with Crippen molar-refractivity contribution < 1.29 is 18.7 Å². The van der Waals surface area contributed by atoms with Gasteiger partial charge in [0, 0.05) is 12.2 Å². The highest BCUT2D eigenvalue weighted by atomic mass is 79.9. The molecular weight excluding hydrogens is 352 g/mol. The summed E-state index contributed by atoms with van der Waals surface area (Å²) >= 11 is 3.14. The lowest BCUT2D eigenvalue weighted by molar-refractivity contribution is -0.122. The van der Waals surface area contributed by atoms with Crippen molar-refractivity contribution in [1.29, 1.82) is 0 Å². The zero-order chi connectivity index (χ0) is 15.9. The number of rotatable bonds is 6. The van der Waals surface area contributed by atoms with E-state index >= 15 is 0 Å². The third-order valence-electron chi connectivity index (χ3n) is 2.65. The van der Waals surface area contributed by atoms with E-state index < -0.39 is 0 Å². The van der Waals surface area contributed by atoms with Gasteiger partial charge in [0.15, 0.2) is 17.0 Å². The third-order valence-corrected chi connectivity index (χ3v) is 3.08. The molecule has 1 aromatic heterocycles. The summed E-state index contributed by atoms with van der Waals surface area (Å²) in [4.78, 5) is 23.2. The molecule has 2 N–H and O–H groups in total. The van der Waals surface area contributed by atoms with Crippen molar-refractivity contribution in [3.05, 3.63) is 46.8 Å². The van der Waals surface area contributed by atoms with Crippen LogP contribution < -0.4 is 15.4 Å². The molecule has 0 bridgehead atoms. The van der Waals surface area contributed by atoms with Crippen LogP contribution in [0, 0.1) is 0 Å². The van der Waals surface area contributed by atoms with Gasteiger partial charge < -0.3 is 19.8 Å². The van der Waals surface area contributed by atoms with Gasteiger partial charge >= 0.3 is 0 Å². The number of carbonyl (C=O) groups is 2. The minimum absolute atomic E-state index is 0.0417. The topological polar surface area (TPSA) is 80.6 Å². The largest absolute Gasteiger partial charge is 0.484 e. The van der Waals surface area contributed by atoms with Gasteiger partial charge in [-0.15, -0.1) is 0 Å². The number of anilines is 1. The number of amides is 2. The number of carbonyl (C=O) groups excluding carboxylic acids is 2. The van der Waals surface area contributed by atoms with Gasteiger partial charge in [-0.05, 0) is 59.3 Å². The van der Waals surface area contributed by atoms with E-state index in [-0.39, 0.29) is 24.2 Å². The van der Waals surface area contributed by atoms with Crippen molar-refractivity contribution in [2.75, 3.05) is 18.5 Å². The van der Waals surface area contributed by atoms with Crippen LogP contribution >= 0.6 is 15.9 Å². The Balaban J connectivity index is 1.89. The number of furan rings is 1. The van der Waals surface area contributed by atoms with Crippen molar-refractivity contribution in [1.82, 2.24) is 5.32 Å². The summed E-state index contributed by atoms with van der Waals surface area (Å²) in [7, 11) is 0. The molecule has 1 aromatic carbocycles. The van der Waals surface area contributed by atoms with Crippen molar-refractivity contribution in [2.45, 2.75) is 6.92 Å². The molecule has 116 valence electrons. The maximum atomic E-state index is 11.9. The van der Waals surface area contributed by atoms with E-state index in [2.05, 4.69) is 26.6 Å². The first kappa shape index (κ1) is 16.1. The highest BCUT2D eigenvalue weighted by molar-refractivity contribution is 9.10. The number of hydrogen-bond acceptors (Lipinski definition) is 4. The van der Waals surface area contributed by atoms with Gasteiger partial charge in [0.25, 0.3) is 11.8 Å². The molecule has 0 fully saturated rings. The van der Waals surface area contributed by atoms with Crippen LogP contribution in [0.15, 0.2) is 45.5 Å². The Bertz CT molecular complexity index is 652. The molecule has 6 nitrogen and oxygen atoms in total. The first-order chi connectivity index (χ1) is 10.6. The van der Waals surface area contributed by atoms with Crippen molar-refractivity contribution >= 4 is 33.4 Å². The standard InChI is InChI=1S/C15H15BrN2O4/c1-2-17-14(19)9-21-11-5-3-10(4-6-11)18-15(20)12-7-8-13(16)22-12/h3-8H,2,9H2,1H3,(H,17,19)(H,18,20). The van der Waals surface area contributed by atoms with Crippen LogP contribution in [0.4, 0.5) is 5.69 Å². The smallest absolute Gasteiger partial charge is 0.291 e. The van der Waals surface area contributed by atoms with E-state index in [1.165, 1.54) is 0 Å². The summed E-state index contributed by atoms with van der Waals surface area (Å²) in [5.41, 5.74) is 0.600. The van der Waals surface area contributed by atoms with Gasteiger partial charge in [-0.1, -0.05) is 0 Å². The van der Waals surface area contributed by atoms with Crippen LogP contribution in [0.5, 0.6) is 5.75 Å². The molecule has 0 saturated carbocycles. The molecule has 7 heteroatoms. The van der Waals surface area contributed by atoms with Crippen LogP contribution in [0.3, 0.4) is 0 Å². The molecule has 1 heterocycles. The fourth-order valence-electron chi connectivity index (χ4n) is 1.66. The van der Waals surface area contributed by atoms with E-state index in [0.717, 1.165) is 0 Å². The summed E-state index contributed by atoms with van der Waals surface area (Å²) < 4.78 is 11.0. The number of halogens is 1. The molecule has 2 amide bonds. The summed E-state index contributed by atoms with van der Waals surface area (Å²) in [6.45, 7) is 2.36. The van der Waals surface area contributed by atoms with Crippen LogP contribution in [0.2, 0.25) is 0 Å². The van der Waals surface area contributed by atoms with Gasteiger partial charge in [0.2, 0.25) is 0 Å². The van der Waals surface area contributed by atoms with E-state index in [9.17, 15) is 9.59 Å². The predicted octanol–water partition coefficient (Wildman–Crippen LogP) is 2.81. The number of benzene rings is 1. The van der Waals surface area contributed by atoms with E-state index in [4.69, 9.17) is 9.15 Å². The van der Waals surface area contributed by atoms with Crippen molar-refractivity contribution in [3.63, 3.8) is 0 Å². The zero-order valence-corrected chi connectivity index (χ0v) is 13.5. The molecule has 2 rings (SSSR count). The molecule has 0 radical (unpaired) electrons. The first-order valence-electron chi connectivity index (χ1n) is 6.64. The molecule has 0 spiro atoms. The third kappa shape index (κ3) is 4.63. The number of hydrogen-bond donors (Lipinski definition) is 2. The Morgan fingerprint density at radius 2 is 1.91 bits per heavy atom. The average molecular weight is 367 g/mol. The number of likely N-dealkylation sites (N-methyl/N-ethyl adjacent to an activating group) is 1. The Hall–Kier alpha value is -2.28. The second kappa shape index (κ2) is 7.65. The van der Waals surface area contributed by atoms with Crippen molar-refractivity contribution in [3.8, 4) is 5.75 Å². The highest BCUT2D eigenvalue weighted by Gasteiger charge is 2.10. The predicted molar refractivity (Wildman–Crippen MR) is 85.0 cm³/mol. The Morgan fingerprint density at radius 3 is 2.50 bits per heavy atom. The molecule has 22 heavy (non-hydrogen) atoms. The SMILES string of the molecule is CCNC(=O)COc1ccc(NC(=O)c2ccc(Br)o2)cc1. The molecule has 0 unspecified atom stereocenters. The average Bonchev–Trinajstić information content (AvgIpc) is 2.93. The maximum Gasteiger partial charge on any atom is 0.291 e. The van der Waals surface area contributed by atoms with Gasteiger partial charge in [0.05, 0.1) is 0 Å². The monoisotopic (exact) mass is 366 g/mol. The summed E-state index contributed by atoms with van der Waals surface area (Å²) in [6.07, 6.45) is 0. The normalized spacial score (nSPS) is 10.1. The molecule has 0 aliphatic rings. The minimum Gasteiger partial charge on any atom is -0.484 e. The second-order valence-electron chi connectivity index (χ2n) is 4.32. The fraction of sp³-hybridized carbons (Fsp3) is 0.200. The molecule has 0 atom stereocenters. The van der Waals surface area contributed by atoms with Crippen LogP contribution in [0.25, 0.3) is 0 Å². The Kier molecular flexibility index (Phi) is 5.60. The maximum absolute atomic E-state index is 11.9. The zero-order valence-electron chi connectivity index (χ0n) is 11.9. The molecular formula is C15H15BrN2O4. The van der Waals surface area contributed by atoms with Gasteiger partial charge in [-0.3, -0.25) is 9.59 Å². The molecule has 0 aliphatic carbocycles. The first-order valence-corrected chi connectivity index (χ1v) is 7.44. The van der Waals surface area contributed by atoms with Gasteiger partial charge in [-0.2, -0.15) is 0 Å².